The van der Waals surface area contributed by atoms with Crippen LogP contribution in [0, 0.1) is 23.3 Å². The van der Waals surface area contributed by atoms with Crippen LogP contribution in [0.4, 0.5) is 0 Å². The molecule has 0 aliphatic rings. The van der Waals surface area contributed by atoms with Crippen molar-refractivity contribution in [3.05, 3.63) is 32.8 Å². The van der Waals surface area contributed by atoms with Crippen LogP contribution in [-0.2, 0) is 4.74 Å². The number of benzene rings is 1. The first-order valence-electron chi connectivity index (χ1n) is 6.80. The fourth-order valence-corrected chi connectivity index (χ4v) is 2.64. The van der Waals surface area contributed by atoms with Gasteiger partial charge in [-0.25, -0.2) is 4.79 Å². The average molecular weight is 351 g/mol. The van der Waals surface area contributed by atoms with E-state index in [-0.39, 0.29) is 26.0 Å². The SMILES string of the molecule is CC(C)C(C)C(C)(C)COC(=O)c1[c]c(Cl)cc(Cl)c1Cl. The van der Waals surface area contributed by atoms with E-state index in [4.69, 9.17) is 39.5 Å². The molecule has 0 saturated heterocycles. The minimum Gasteiger partial charge on any atom is -0.461 e. The monoisotopic (exact) mass is 349 g/mol. The van der Waals surface area contributed by atoms with Gasteiger partial charge < -0.3 is 4.74 Å². The van der Waals surface area contributed by atoms with E-state index in [1.165, 1.54) is 6.07 Å². The molecule has 0 fully saturated rings. The molecule has 1 unspecified atom stereocenters. The van der Waals surface area contributed by atoms with Gasteiger partial charge in [0.25, 0.3) is 0 Å². The maximum absolute atomic E-state index is 12.2. The zero-order valence-corrected chi connectivity index (χ0v) is 15.2. The summed E-state index contributed by atoms with van der Waals surface area (Å²) in [5.41, 5.74) is -0.0688. The van der Waals surface area contributed by atoms with Gasteiger partial charge in [0, 0.05) is 11.5 Å². The summed E-state index contributed by atoms with van der Waals surface area (Å²) in [6, 6.07) is 4.12. The molecule has 1 aromatic rings. The van der Waals surface area contributed by atoms with Crippen molar-refractivity contribution in [3.8, 4) is 0 Å². The summed E-state index contributed by atoms with van der Waals surface area (Å²) >= 11 is 17.7. The molecular weight excluding hydrogens is 331 g/mol. The molecule has 0 amide bonds. The van der Waals surface area contributed by atoms with E-state index in [1.54, 1.807) is 0 Å². The second kappa shape index (κ2) is 7.21. The molecule has 0 aliphatic heterocycles. The van der Waals surface area contributed by atoms with Crippen LogP contribution in [-0.4, -0.2) is 12.6 Å². The molecule has 0 aliphatic carbocycles. The van der Waals surface area contributed by atoms with Crippen molar-refractivity contribution in [1.29, 1.82) is 0 Å². The highest BCUT2D eigenvalue weighted by Crippen LogP contribution is 2.34. The summed E-state index contributed by atoms with van der Waals surface area (Å²) in [5, 5.41) is 0.550. The topological polar surface area (TPSA) is 26.3 Å². The summed E-state index contributed by atoms with van der Waals surface area (Å²) in [6.45, 7) is 10.9. The van der Waals surface area contributed by atoms with Gasteiger partial charge in [0.05, 0.1) is 27.2 Å². The summed E-state index contributed by atoms with van der Waals surface area (Å²) in [7, 11) is 0. The smallest absolute Gasteiger partial charge is 0.340 e. The molecule has 21 heavy (non-hydrogen) atoms. The Kier molecular flexibility index (Phi) is 6.39. The van der Waals surface area contributed by atoms with Gasteiger partial charge >= 0.3 is 5.97 Å². The van der Waals surface area contributed by atoms with E-state index in [9.17, 15) is 4.79 Å². The standard InChI is InChI=1S/C16H20Cl3O2/c1-9(2)10(3)16(4,5)8-21-15(20)12-6-11(17)7-13(18)14(12)19/h7,9-10H,8H2,1-5H3. The first-order chi connectivity index (χ1) is 9.56. The van der Waals surface area contributed by atoms with Crippen LogP contribution >= 0.6 is 34.8 Å². The van der Waals surface area contributed by atoms with Crippen LogP contribution in [0.5, 0.6) is 0 Å². The lowest BCUT2D eigenvalue weighted by Crippen LogP contribution is -2.32. The molecule has 0 aromatic heterocycles. The summed E-state index contributed by atoms with van der Waals surface area (Å²) in [4.78, 5) is 12.2. The number of carbonyl (C=O) groups is 1. The fraction of sp³-hybridized carbons (Fsp3) is 0.562. The zero-order valence-electron chi connectivity index (χ0n) is 12.9. The van der Waals surface area contributed by atoms with Crippen molar-refractivity contribution in [2.24, 2.45) is 17.3 Å². The van der Waals surface area contributed by atoms with Crippen molar-refractivity contribution in [3.63, 3.8) is 0 Å². The number of ether oxygens (including phenoxy) is 1. The van der Waals surface area contributed by atoms with Crippen molar-refractivity contribution < 1.29 is 9.53 Å². The molecule has 0 bridgehead atoms. The quantitative estimate of drug-likeness (QED) is 0.486. The van der Waals surface area contributed by atoms with Crippen molar-refractivity contribution >= 4 is 40.8 Å². The second-order valence-corrected chi connectivity index (χ2v) is 7.44. The largest absolute Gasteiger partial charge is 0.461 e. The number of rotatable bonds is 5. The molecule has 0 N–H and O–H groups in total. The van der Waals surface area contributed by atoms with Gasteiger partial charge in [0.2, 0.25) is 0 Å². The second-order valence-electron chi connectivity index (χ2n) is 6.25. The zero-order chi connectivity index (χ0) is 16.4. The predicted octanol–water partition coefficient (Wildman–Crippen LogP) is 5.92. The minimum absolute atomic E-state index is 0.0715. The molecule has 0 heterocycles. The Morgan fingerprint density at radius 2 is 1.86 bits per heavy atom. The average Bonchev–Trinajstić information content (AvgIpc) is 2.39. The molecule has 5 heteroatoms. The Balaban J connectivity index is 2.84. The van der Waals surface area contributed by atoms with E-state index in [2.05, 4.69) is 40.7 Å². The molecule has 0 spiro atoms. The van der Waals surface area contributed by atoms with Gasteiger partial charge in [-0.15, -0.1) is 0 Å². The lowest BCUT2D eigenvalue weighted by molar-refractivity contribution is 0.0175. The first-order valence-corrected chi connectivity index (χ1v) is 7.93. The fourth-order valence-electron chi connectivity index (χ4n) is 2.00. The molecule has 1 rings (SSSR count). The van der Waals surface area contributed by atoms with Gasteiger partial charge in [-0.3, -0.25) is 0 Å². The predicted molar refractivity (Wildman–Crippen MR) is 88.4 cm³/mol. The van der Waals surface area contributed by atoms with E-state index in [1.807, 2.05) is 0 Å². The lowest BCUT2D eigenvalue weighted by Gasteiger charge is -2.34. The number of hydrogen-bond acceptors (Lipinski definition) is 2. The maximum Gasteiger partial charge on any atom is 0.340 e. The van der Waals surface area contributed by atoms with E-state index in [0.717, 1.165) is 0 Å². The third-order valence-electron chi connectivity index (χ3n) is 3.94. The Labute approximate surface area is 141 Å². The maximum atomic E-state index is 12.2. The number of carbonyl (C=O) groups excluding carboxylic acids is 1. The molecule has 1 radical (unpaired) electrons. The summed E-state index contributed by atoms with van der Waals surface area (Å²) in [5.74, 6) is 0.329. The molecule has 2 nitrogen and oxygen atoms in total. The first kappa shape index (κ1) is 18.6. The highest BCUT2D eigenvalue weighted by molar-refractivity contribution is 6.44. The lowest BCUT2D eigenvalue weighted by atomic mass is 9.75. The molecule has 0 saturated carbocycles. The van der Waals surface area contributed by atoms with Gasteiger partial charge in [0.1, 0.15) is 0 Å². The molecule has 1 atom stereocenters. The van der Waals surface area contributed by atoms with Gasteiger partial charge in [-0.05, 0) is 17.9 Å². The highest BCUT2D eigenvalue weighted by atomic mass is 35.5. The number of esters is 1. The number of halogens is 3. The summed E-state index contributed by atoms with van der Waals surface area (Å²) < 4.78 is 5.38. The Morgan fingerprint density at radius 3 is 2.38 bits per heavy atom. The van der Waals surface area contributed by atoms with Gasteiger partial charge in [-0.1, -0.05) is 69.4 Å². The molecular formula is C16H20Cl3O2. The molecule has 1 aromatic carbocycles. The van der Waals surface area contributed by atoms with Crippen molar-refractivity contribution in [2.45, 2.75) is 34.6 Å². The van der Waals surface area contributed by atoms with Crippen LogP contribution in [0.3, 0.4) is 0 Å². The van der Waals surface area contributed by atoms with Crippen LogP contribution < -0.4 is 0 Å². The Hall–Kier alpha value is -0.440. The van der Waals surface area contributed by atoms with Crippen LogP contribution in [0.15, 0.2) is 6.07 Å². The third-order valence-corrected chi connectivity index (χ3v) is 4.93. The Morgan fingerprint density at radius 1 is 1.29 bits per heavy atom. The van der Waals surface area contributed by atoms with E-state index < -0.39 is 5.97 Å². The van der Waals surface area contributed by atoms with Crippen LogP contribution in [0.2, 0.25) is 15.1 Å². The van der Waals surface area contributed by atoms with Gasteiger partial charge in [0.15, 0.2) is 0 Å². The highest BCUT2D eigenvalue weighted by Gasteiger charge is 2.30. The third kappa shape index (κ3) is 4.77. The van der Waals surface area contributed by atoms with E-state index in [0.29, 0.717) is 18.4 Å². The van der Waals surface area contributed by atoms with Crippen molar-refractivity contribution in [2.75, 3.05) is 6.61 Å². The Bertz CT molecular complexity index is 524. The minimum atomic E-state index is -0.562. The van der Waals surface area contributed by atoms with Gasteiger partial charge in [-0.2, -0.15) is 0 Å². The van der Waals surface area contributed by atoms with Crippen LogP contribution in [0.1, 0.15) is 45.0 Å². The number of hydrogen-bond donors (Lipinski definition) is 0. The van der Waals surface area contributed by atoms with E-state index >= 15 is 0 Å². The van der Waals surface area contributed by atoms with Crippen molar-refractivity contribution in [1.82, 2.24) is 0 Å². The normalized spacial score (nSPS) is 13.4. The van der Waals surface area contributed by atoms with Crippen LogP contribution in [0.25, 0.3) is 0 Å². The summed E-state index contributed by atoms with van der Waals surface area (Å²) in [6.07, 6.45) is 0. The molecule has 117 valence electrons.